The summed E-state index contributed by atoms with van der Waals surface area (Å²) in [6, 6.07) is 9.25. The number of rotatable bonds is 8. The summed E-state index contributed by atoms with van der Waals surface area (Å²) < 4.78 is 75.2. The van der Waals surface area contributed by atoms with Crippen molar-refractivity contribution in [1.82, 2.24) is 19.3 Å². The van der Waals surface area contributed by atoms with E-state index in [1.807, 2.05) is 18.3 Å². The lowest BCUT2D eigenvalue weighted by Crippen LogP contribution is -2.45. The van der Waals surface area contributed by atoms with Gasteiger partial charge in [0, 0.05) is 61.0 Å². The smallest absolute Gasteiger partial charge is 0.493 e. The van der Waals surface area contributed by atoms with E-state index in [0.717, 1.165) is 66.4 Å². The molecule has 13 heteroatoms. The van der Waals surface area contributed by atoms with Crippen LogP contribution in [0.5, 0.6) is 11.5 Å². The number of anilines is 1. The summed E-state index contributed by atoms with van der Waals surface area (Å²) >= 11 is 0. The largest absolute Gasteiger partial charge is 0.573 e. The molecule has 1 atom stereocenters. The van der Waals surface area contributed by atoms with Crippen molar-refractivity contribution in [2.75, 3.05) is 43.4 Å². The van der Waals surface area contributed by atoms with Crippen LogP contribution in [0, 0.1) is 11.8 Å². The number of ether oxygens (including phenoxy) is 2. The van der Waals surface area contributed by atoms with Gasteiger partial charge in [-0.15, -0.1) is 13.2 Å². The molecule has 0 radical (unpaired) electrons. The van der Waals surface area contributed by atoms with E-state index in [0.29, 0.717) is 18.8 Å². The zero-order valence-electron chi connectivity index (χ0n) is 22.9. The van der Waals surface area contributed by atoms with Crippen LogP contribution in [0.3, 0.4) is 0 Å². The molecule has 3 aromatic heterocycles. The Bertz CT molecular complexity index is 1640. The first-order chi connectivity index (χ1) is 20.1. The van der Waals surface area contributed by atoms with E-state index in [1.165, 1.54) is 24.3 Å². The molecular weight excluding hydrogens is 571 g/mol. The molecule has 1 N–H and O–H groups in total. The number of sulfonamides is 1. The topological polar surface area (TPSA) is 101 Å². The summed E-state index contributed by atoms with van der Waals surface area (Å²) in [6.07, 6.45) is 3.80. The maximum Gasteiger partial charge on any atom is 0.573 e. The summed E-state index contributed by atoms with van der Waals surface area (Å²) in [5, 5.41) is 2.08. The van der Waals surface area contributed by atoms with Crippen LogP contribution in [0.25, 0.3) is 21.9 Å². The molecule has 2 aliphatic rings. The molecule has 9 nitrogen and oxygen atoms in total. The lowest BCUT2D eigenvalue weighted by molar-refractivity contribution is -0.274. The molecule has 0 spiro atoms. The van der Waals surface area contributed by atoms with Crippen LogP contribution < -0.4 is 14.4 Å². The molecule has 1 aromatic carbocycles. The van der Waals surface area contributed by atoms with Gasteiger partial charge in [0.1, 0.15) is 17.1 Å². The molecule has 42 heavy (non-hydrogen) atoms. The van der Waals surface area contributed by atoms with Gasteiger partial charge in [-0.1, -0.05) is 0 Å². The van der Waals surface area contributed by atoms with Crippen LogP contribution >= 0.6 is 0 Å². The number of aromatic nitrogens is 3. The molecule has 2 saturated heterocycles. The van der Waals surface area contributed by atoms with Crippen LogP contribution in [-0.2, 0) is 10.0 Å². The van der Waals surface area contributed by atoms with Gasteiger partial charge < -0.3 is 19.4 Å². The fraction of sp³-hybridized carbons (Fsp3) is 0.448. The molecule has 224 valence electrons. The number of hydrogen-bond acceptors (Lipinski definition) is 7. The Kier molecular flexibility index (Phi) is 7.88. The zero-order chi connectivity index (χ0) is 29.3. The molecule has 4 aromatic rings. The first kappa shape index (κ1) is 28.5. The number of halogens is 3. The maximum atomic E-state index is 13.4. The van der Waals surface area contributed by atoms with E-state index in [9.17, 15) is 21.6 Å². The van der Waals surface area contributed by atoms with Gasteiger partial charge in [-0.2, -0.15) is 0 Å². The van der Waals surface area contributed by atoms with E-state index >= 15 is 0 Å². The van der Waals surface area contributed by atoms with Crippen LogP contribution in [0.1, 0.15) is 25.7 Å². The molecule has 5 heterocycles. The number of alkyl halides is 3. The Morgan fingerprint density at radius 2 is 1.71 bits per heavy atom. The second-order valence-corrected chi connectivity index (χ2v) is 13.0. The molecule has 0 aliphatic carbocycles. The van der Waals surface area contributed by atoms with Gasteiger partial charge in [-0.3, -0.25) is 4.98 Å². The fourth-order valence-corrected chi connectivity index (χ4v) is 8.00. The highest BCUT2D eigenvalue weighted by Crippen LogP contribution is 2.34. The number of aromatic amines is 1. The standard InChI is InChI=1S/C29H32F3N5O4S/c30-29(31,32)41-23-5-3-22(4-6-23)40-18-21-2-1-13-37(17-21)42(38,39)19-20-9-14-36(15-10-20)26-8-12-33-25-16-35-28-24(27(25)26)7-11-34-28/h3-8,11-12,16,20-21H,1-2,9-10,13-15,17-19H2,(H,34,35). The van der Waals surface area contributed by atoms with E-state index in [-0.39, 0.29) is 29.9 Å². The predicted octanol–water partition coefficient (Wildman–Crippen LogP) is 5.35. The number of H-pyrrole nitrogens is 1. The van der Waals surface area contributed by atoms with Gasteiger partial charge in [-0.25, -0.2) is 17.7 Å². The van der Waals surface area contributed by atoms with Crippen molar-refractivity contribution in [3.8, 4) is 11.5 Å². The number of nitrogens with zero attached hydrogens (tertiary/aromatic N) is 4. The van der Waals surface area contributed by atoms with Crippen LogP contribution in [-0.4, -0.2) is 72.6 Å². The summed E-state index contributed by atoms with van der Waals surface area (Å²) in [6.45, 7) is 2.67. The number of hydrogen-bond donors (Lipinski definition) is 1. The quantitative estimate of drug-likeness (QED) is 0.290. The molecule has 0 bridgehead atoms. The normalized spacial score (nSPS) is 19.4. The van der Waals surface area contributed by atoms with Crippen molar-refractivity contribution in [1.29, 1.82) is 0 Å². The molecule has 2 fully saturated rings. The first-order valence-corrected chi connectivity index (χ1v) is 15.7. The zero-order valence-corrected chi connectivity index (χ0v) is 23.7. The summed E-state index contributed by atoms with van der Waals surface area (Å²) in [4.78, 5) is 14.4. The maximum absolute atomic E-state index is 13.4. The van der Waals surface area contributed by atoms with Crippen molar-refractivity contribution < 1.29 is 31.1 Å². The minimum atomic E-state index is -4.75. The van der Waals surface area contributed by atoms with Crippen molar-refractivity contribution in [3.63, 3.8) is 0 Å². The van der Waals surface area contributed by atoms with E-state index in [4.69, 9.17) is 4.74 Å². The second kappa shape index (κ2) is 11.6. The molecule has 6 rings (SSSR count). The first-order valence-electron chi connectivity index (χ1n) is 14.1. The number of benzene rings is 1. The monoisotopic (exact) mass is 603 g/mol. The number of fused-ring (bicyclic) bond motifs is 3. The van der Waals surface area contributed by atoms with Crippen molar-refractivity contribution in [2.45, 2.75) is 32.0 Å². The Hall–Kier alpha value is -3.58. The lowest BCUT2D eigenvalue weighted by Gasteiger charge is -2.36. The van der Waals surface area contributed by atoms with Gasteiger partial charge >= 0.3 is 6.36 Å². The number of nitrogens with one attached hydrogen (secondary N) is 1. The lowest BCUT2D eigenvalue weighted by atomic mass is 9.98. The average Bonchev–Trinajstić information content (AvgIpc) is 3.46. The number of pyridine rings is 2. The third-order valence-corrected chi connectivity index (χ3v) is 10.1. The van der Waals surface area contributed by atoms with Gasteiger partial charge in [-0.05, 0) is 68.0 Å². The Labute approximate surface area is 241 Å². The molecule has 0 saturated carbocycles. The SMILES string of the molecule is O=S(=O)(CC1CCN(c2ccnc3cnc4[nH]ccc4c23)CC1)N1CCCC(COc2ccc(OC(F)(F)F)cc2)C1. The minimum Gasteiger partial charge on any atom is -0.493 e. The highest BCUT2D eigenvalue weighted by molar-refractivity contribution is 7.89. The van der Waals surface area contributed by atoms with Gasteiger partial charge in [0.05, 0.1) is 24.1 Å². The fourth-order valence-electron chi connectivity index (χ4n) is 6.01. The van der Waals surface area contributed by atoms with Crippen LogP contribution in [0.2, 0.25) is 0 Å². The highest BCUT2D eigenvalue weighted by atomic mass is 32.2. The summed E-state index contributed by atoms with van der Waals surface area (Å²) in [5.74, 6) is 0.285. The summed E-state index contributed by atoms with van der Waals surface area (Å²) in [5.41, 5.74) is 2.74. The van der Waals surface area contributed by atoms with Gasteiger partial charge in [0.2, 0.25) is 10.0 Å². The van der Waals surface area contributed by atoms with Crippen molar-refractivity contribution in [3.05, 3.63) is 55.0 Å². The predicted molar refractivity (Wildman–Crippen MR) is 153 cm³/mol. The minimum absolute atomic E-state index is 0.00111. The van der Waals surface area contributed by atoms with Crippen LogP contribution in [0.4, 0.5) is 18.9 Å². The van der Waals surface area contributed by atoms with Gasteiger partial charge in [0.15, 0.2) is 0 Å². The number of piperidine rings is 2. The molecule has 2 aliphatic heterocycles. The summed E-state index contributed by atoms with van der Waals surface area (Å²) in [7, 11) is -3.45. The van der Waals surface area contributed by atoms with E-state index in [1.54, 1.807) is 16.7 Å². The second-order valence-electron chi connectivity index (χ2n) is 11.0. The third kappa shape index (κ3) is 6.41. The highest BCUT2D eigenvalue weighted by Gasteiger charge is 2.33. The Morgan fingerprint density at radius 1 is 0.952 bits per heavy atom. The van der Waals surface area contributed by atoms with Crippen LogP contribution in [0.15, 0.2) is 55.0 Å². The molecule has 0 amide bonds. The Morgan fingerprint density at radius 3 is 2.48 bits per heavy atom. The van der Waals surface area contributed by atoms with Crippen molar-refractivity contribution in [2.24, 2.45) is 11.8 Å². The van der Waals surface area contributed by atoms with E-state index in [2.05, 4.69) is 24.6 Å². The third-order valence-electron chi connectivity index (χ3n) is 8.09. The molecular formula is C29H32F3N5O4S. The van der Waals surface area contributed by atoms with E-state index < -0.39 is 16.4 Å². The Balaban J connectivity index is 1.03. The average molecular weight is 604 g/mol. The van der Waals surface area contributed by atoms with Gasteiger partial charge in [0.25, 0.3) is 0 Å². The van der Waals surface area contributed by atoms with Crippen molar-refractivity contribution >= 4 is 37.6 Å². The molecule has 1 unspecified atom stereocenters.